The Bertz CT molecular complexity index is 124. The fourth-order valence-corrected chi connectivity index (χ4v) is 3.20. The summed E-state index contributed by atoms with van der Waals surface area (Å²) < 4.78 is 10.7. The van der Waals surface area contributed by atoms with Gasteiger partial charge in [0.25, 0.3) is 6.65 Å². The van der Waals surface area contributed by atoms with Crippen LogP contribution < -0.4 is 11.0 Å². The minimum atomic E-state index is -2.82. The summed E-state index contributed by atoms with van der Waals surface area (Å²) >= 11 is 1.17. The van der Waals surface area contributed by atoms with Crippen LogP contribution in [0.5, 0.6) is 0 Å². The quantitative estimate of drug-likeness (QED) is 0.627. The highest BCUT2D eigenvalue weighted by atomic mass is 32.7. The third-order valence-corrected chi connectivity index (χ3v) is 4.01. The Morgan fingerprint density at radius 3 is 2.22 bits per heavy atom. The van der Waals surface area contributed by atoms with Crippen molar-refractivity contribution >= 4 is 18.0 Å². The Hall–Kier alpha value is 0.500. The molecule has 4 N–H and O–H groups in total. The average molecular weight is 168 g/mol. The molecule has 0 saturated heterocycles. The molecule has 56 valence electrons. The van der Waals surface area contributed by atoms with Crippen molar-refractivity contribution in [1.29, 1.82) is 0 Å². The molecule has 0 amide bonds. The summed E-state index contributed by atoms with van der Waals surface area (Å²) in [6, 6.07) is 0. The third-order valence-electron chi connectivity index (χ3n) is 0.920. The number of hydrogen-bond acceptors (Lipinski definition) is 2. The molecule has 0 spiro atoms. The summed E-state index contributed by atoms with van der Waals surface area (Å²) in [4.78, 5) is 0. The van der Waals surface area contributed by atoms with Gasteiger partial charge in [0.15, 0.2) is 0 Å². The fraction of sp³-hybridized carbons (Fsp3) is 1.00. The molecule has 9 heavy (non-hydrogen) atoms. The molecule has 0 aliphatic carbocycles. The maximum absolute atomic E-state index is 10.7. The van der Waals surface area contributed by atoms with Crippen LogP contribution in [0.1, 0.15) is 20.3 Å². The van der Waals surface area contributed by atoms with Gasteiger partial charge in [-0.05, 0) is 6.42 Å². The van der Waals surface area contributed by atoms with Gasteiger partial charge in [0.2, 0.25) is 0 Å². The standard InChI is InChI=1S/C4H13N2OPS/c1-3-4(2)9-8(5,6)7/h4H,3H2,1-2H3,(H4,5,6,7). The highest BCUT2D eigenvalue weighted by molar-refractivity contribution is 8.57. The molecule has 1 unspecified atom stereocenters. The Morgan fingerprint density at radius 1 is 1.67 bits per heavy atom. The molecule has 0 aliphatic heterocycles. The lowest BCUT2D eigenvalue weighted by atomic mass is 10.4. The molecule has 0 bridgehead atoms. The zero-order chi connectivity index (χ0) is 7.49. The van der Waals surface area contributed by atoms with Gasteiger partial charge in [-0.3, -0.25) is 15.6 Å². The fourth-order valence-electron chi connectivity index (χ4n) is 0.356. The van der Waals surface area contributed by atoms with E-state index in [0.29, 0.717) is 5.25 Å². The molecule has 0 fully saturated rings. The Morgan fingerprint density at radius 2 is 2.11 bits per heavy atom. The van der Waals surface area contributed by atoms with E-state index in [4.69, 9.17) is 11.0 Å². The van der Waals surface area contributed by atoms with E-state index in [0.717, 1.165) is 6.42 Å². The van der Waals surface area contributed by atoms with Gasteiger partial charge in [-0.15, -0.1) is 0 Å². The normalized spacial score (nSPS) is 15.6. The molecule has 0 saturated carbocycles. The van der Waals surface area contributed by atoms with E-state index in [9.17, 15) is 4.57 Å². The molecule has 1 atom stereocenters. The van der Waals surface area contributed by atoms with Gasteiger partial charge >= 0.3 is 0 Å². The van der Waals surface area contributed by atoms with Crippen LogP contribution in [0.4, 0.5) is 0 Å². The Labute approximate surface area is 59.8 Å². The minimum Gasteiger partial charge on any atom is -0.277 e. The molecular formula is C4H13N2OPS. The summed E-state index contributed by atoms with van der Waals surface area (Å²) in [5.74, 6) is 0. The van der Waals surface area contributed by atoms with E-state index >= 15 is 0 Å². The van der Waals surface area contributed by atoms with Gasteiger partial charge in [0.05, 0.1) is 0 Å². The number of nitrogens with two attached hydrogens (primary N) is 2. The first-order valence-electron chi connectivity index (χ1n) is 2.81. The third kappa shape index (κ3) is 6.38. The van der Waals surface area contributed by atoms with Crippen LogP contribution in [0.3, 0.4) is 0 Å². The lowest BCUT2D eigenvalue weighted by Gasteiger charge is -2.09. The summed E-state index contributed by atoms with van der Waals surface area (Å²) in [6.07, 6.45) is 0.947. The van der Waals surface area contributed by atoms with Crippen LogP contribution >= 0.6 is 18.0 Å². The van der Waals surface area contributed by atoms with Crippen LogP contribution in [0.15, 0.2) is 0 Å². The van der Waals surface area contributed by atoms with Gasteiger partial charge in [-0.25, -0.2) is 0 Å². The molecule has 0 aromatic rings. The first kappa shape index (κ1) is 9.50. The van der Waals surface area contributed by atoms with E-state index in [-0.39, 0.29) is 0 Å². The zero-order valence-corrected chi connectivity index (χ0v) is 7.41. The van der Waals surface area contributed by atoms with Gasteiger partial charge in [0.1, 0.15) is 0 Å². The summed E-state index contributed by atoms with van der Waals surface area (Å²) in [5, 5.41) is 0.297. The van der Waals surface area contributed by atoms with Crippen molar-refractivity contribution in [3.05, 3.63) is 0 Å². The summed E-state index contributed by atoms with van der Waals surface area (Å²) in [7, 11) is 0. The molecule has 5 heteroatoms. The van der Waals surface area contributed by atoms with E-state index in [1.165, 1.54) is 11.4 Å². The van der Waals surface area contributed by atoms with Crippen molar-refractivity contribution < 1.29 is 4.57 Å². The first-order valence-corrected chi connectivity index (χ1v) is 6.14. The van der Waals surface area contributed by atoms with Crippen LogP contribution in [-0.4, -0.2) is 5.25 Å². The second kappa shape index (κ2) is 3.62. The summed E-state index contributed by atoms with van der Waals surface area (Å²) in [5.41, 5.74) is 10.2. The largest absolute Gasteiger partial charge is 0.277 e. The van der Waals surface area contributed by atoms with Gasteiger partial charge in [-0.2, -0.15) is 0 Å². The van der Waals surface area contributed by atoms with Crippen LogP contribution in [0.2, 0.25) is 0 Å². The topological polar surface area (TPSA) is 69.1 Å². The SMILES string of the molecule is CCC(C)SP(N)(N)=O. The molecule has 0 rings (SSSR count). The smallest absolute Gasteiger partial charge is 0.261 e. The molecule has 0 aromatic carbocycles. The predicted molar refractivity (Wildman–Crippen MR) is 43.3 cm³/mol. The summed E-state index contributed by atoms with van der Waals surface area (Å²) in [6.45, 7) is 1.14. The lowest BCUT2D eigenvalue weighted by Crippen LogP contribution is -2.04. The van der Waals surface area contributed by atoms with E-state index in [2.05, 4.69) is 0 Å². The number of hydrogen-bond donors (Lipinski definition) is 2. The molecule has 3 nitrogen and oxygen atoms in total. The lowest BCUT2D eigenvalue weighted by molar-refractivity contribution is 0.586. The maximum atomic E-state index is 10.7. The zero-order valence-electron chi connectivity index (χ0n) is 5.70. The molecule has 0 heterocycles. The number of rotatable bonds is 3. The van der Waals surface area contributed by atoms with Gasteiger partial charge in [-0.1, -0.05) is 25.2 Å². The maximum Gasteiger partial charge on any atom is 0.261 e. The monoisotopic (exact) mass is 168 g/mol. The minimum absolute atomic E-state index is 0.297. The van der Waals surface area contributed by atoms with Crippen molar-refractivity contribution in [2.75, 3.05) is 0 Å². The Balaban J connectivity index is 3.60. The van der Waals surface area contributed by atoms with Crippen LogP contribution in [-0.2, 0) is 4.57 Å². The predicted octanol–water partition coefficient (Wildman–Crippen LogP) is 1.54. The van der Waals surface area contributed by atoms with E-state index in [1.807, 2.05) is 13.8 Å². The first-order chi connectivity index (χ1) is 3.95. The molecule has 0 aliphatic rings. The van der Waals surface area contributed by atoms with Gasteiger partial charge < -0.3 is 0 Å². The average Bonchev–Trinajstić information content (AvgIpc) is 1.62. The highest BCUT2D eigenvalue weighted by Crippen LogP contribution is 2.46. The van der Waals surface area contributed by atoms with Crippen molar-refractivity contribution in [3.8, 4) is 0 Å². The van der Waals surface area contributed by atoms with Crippen molar-refractivity contribution in [1.82, 2.24) is 0 Å². The molecule has 0 radical (unpaired) electrons. The Kier molecular flexibility index (Phi) is 3.82. The van der Waals surface area contributed by atoms with Crippen molar-refractivity contribution in [2.45, 2.75) is 25.5 Å². The van der Waals surface area contributed by atoms with Crippen molar-refractivity contribution in [3.63, 3.8) is 0 Å². The highest BCUT2D eigenvalue weighted by Gasteiger charge is 2.12. The van der Waals surface area contributed by atoms with Gasteiger partial charge in [0, 0.05) is 5.25 Å². The molecular weight excluding hydrogens is 155 g/mol. The van der Waals surface area contributed by atoms with Crippen molar-refractivity contribution in [2.24, 2.45) is 11.0 Å². The van der Waals surface area contributed by atoms with Crippen LogP contribution in [0, 0.1) is 0 Å². The molecule has 0 aromatic heterocycles. The van der Waals surface area contributed by atoms with E-state index < -0.39 is 6.65 Å². The van der Waals surface area contributed by atoms with E-state index in [1.54, 1.807) is 0 Å². The van der Waals surface area contributed by atoms with Crippen LogP contribution in [0.25, 0.3) is 0 Å². The second-order valence-corrected chi connectivity index (χ2v) is 6.62. The second-order valence-electron chi connectivity index (χ2n) is 1.97.